The van der Waals surface area contributed by atoms with E-state index in [4.69, 9.17) is 23.2 Å². The first-order valence-electron chi connectivity index (χ1n) is 5.33. The molecule has 5 N–H and O–H groups in total. The lowest BCUT2D eigenvalue weighted by atomic mass is 10.2. The molecule has 0 saturated carbocycles. The monoisotopic (exact) mass is 275 g/mol. The number of nitrogens with two attached hydrogens (primary N) is 1. The number of rotatable bonds is 4. The molecule has 0 unspecified atom stereocenters. The molecule has 0 heterocycles. The number of amides is 1. The highest BCUT2D eigenvalue weighted by atomic mass is 32.1. The molecule has 0 fully saturated rings. The second-order valence-electron chi connectivity index (χ2n) is 3.53. The Hall–Kier alpha value is -2.59. The maximum absolute atomic E-state index is 10.7. The van der Waals surface area contributed by atoms with Crippen LogP contribution < -0.4 is 21.9 Å². The fourth-order valence-electron chi connectivity index (χ4n) is 1.17. The van der Waals surface area contributed by atoms with Crippen LogP contribution in [0.15, 0.2) is 41.7 Å². The van der Waals surface area contributed by atoms with Crippen molar-refractivity contribution in [2.45, 2.75) is 6.92 Å². The summed E-state index contributed by atoms with van der Waals surface area (Å²) in [6, 6.07) is 11.0. The van der Waals surface area contributed by atoms with Gasteiger partial charge in [-0.3, -0.25) is 15.6 Å². The Morgan fingerprint density at radius 1 is 1.32 bits per heavy atom. The van der Waals surface area contributed by atoms with Gasteiger partial charge in [-0.15, -0.1) is 0 Å². The number of carbonyl (C=O) groups excluding carboxylic acids is 1. The van der Waals surface area contributed by atoms with Crippen LogP contribution in [0, 0.1) is 11.3 Å². The highest BCUT2D eigenvalue weighted by Crippen LogP contribution is 2.08. The number of benzene rings is 1. The van der Waals surface area contributed by atoms with Crippen molar-refractivity contribution in [1.82, 2.24) is 10.9 Å². The molecule has 98 valence electrons. The van der Waals surface area contributed by atoms with E-state index in [0.717, 1.165) is 5.69 Å². The van der Waals surface area contributed by atoms with E-state index in [0.29, 0.717) is 0 Å². The van der Waals surface area contributed by atoms with E-state index in [1.807, 2.05) is 24.3 Å². The zero-order chi connectivity index (χ0) is 14.3. The van der Waals surface area contributed by atoms with Crippen molar-refractivity contribution < 1.29 is 4.79 Å². The number of hydrogen-bond donors (Lipinski definition) is 4. The summed E-state index contributed by atoms with van der Waals surface area (Å²) < 4.78 is 0. The number of hydrogen-bond acceptors (Lipinski definition) is 5. The lowest BCUT2D eigenvalue weighted by molar-refractivity contribution is -0.119. The van der Waals surface area contributed by atoms with E-state index in [1.165, 1.54) is 6.92 Å². The molecular weight excluding hydrogens is 262 g/mol. The number of nitriles is 1. The minimum Gasteiger partial charge on any atom is -0.383 e. The normalized spacial score (nSPS) is 10.7. The van der Waals surface area contributed by atoms with Crippen LogP contribution in [-0.2, 0) is 4.79 Å². The smallest absolute Gasteiger partial charge is 0.235 e. The van der Waals surface area contributed by atoms with Gasteiger partial charge in [-0.25, -0.2) is 0 Å². The van der Waals surface area contributed by atoms with E-state index in [1.54, 1.807) is 12.1 Å². The zero-order valence-electron chi connectivity index (χ0n) is 10.2. The fraction of sp³-hybridized carbons (Fsp3) is 0.0833. The molecule has 0 aromatic heterocycles. The second-order valence-corrected chi connectivity index (χ2v) is 3.94. The minimum atomic E-state index is -0.331. The van der Waals surface area contributed by atoms with Crippen molar-refractivity contribution in [3.63, 3.8) is 0 Å². The van der Waals surface area contributed by atoms with Crippen LogP contribution in [0.2, 0.25) is 0 Å². The van der Waals surface area contributed by atoms with Gasteiger partial charge in [-0.1, -0.05) is 30.4 Å². The summed E-state index contributed by atoms with van der Waals surface area (Å²) in [6.07, 6.45) is 0. The van der Waals surface area contributed by atoms with Crippen LogP contribution in [-0.4, -0.2) is 10.9 Å². The first kappa shape index (κ1) is 14.5. The predicted octanol–water partition coefficient (Wildman–Crippen LogP) is 0.760. The molecule has 0 aliphatic carbocycles. The Balaban J connectivity index is 2.79. The summed E-state index contributed by atoms with van der Waals surface area (Å²) in [4.78, 5) is 10.9. The highest BCUT2D eigenvalue weighted by Gasteiger charge is 2.10. The van der Waals surface area contributed by atoms with Crippen molar-refractivity contribution in [1.29, 1.82) is 5.26 Å². The topological polar surface area (TPSA) is 103 Å². The van der Waals surface area contributed by atoms with Gasteiger partial charge in [0.2, 0.25) is 5.91 Å². The van der Waals surface area contributed by atoms with Crippen LogP contribution in [0.4, 0.5) is 5.69 Å². The average Bonchev–Trinajstić information content (AvgIpc) is 2.38. The van der Waals surface area contributed by atoms with E-state index in [2.05, 4.69) is 16.2 Å². The minimum absolute atomic E-state index is 0.0221. The molecule has 0 saturated heterocycles. The Bertz CT molecular complexity index is 547. The number of carbonyl (C=O) groups is 1. The average molecular weight is 275 g/mol. The van der Waals surface area contributed by atoms with E-state index < -0.39 is 0 Å². The second kappa shape index (κ2) is 6.98. The predicted molar refractivity (Wildman–Crippen MR) is 76.4 cm³/mol. The summed E-state index contributed by atoms with van der Waals surface area (Å²) >= 11 is 5.09. The molecular formula is C12H13N5OS. The maximum Gasteiger partial charge on any atom is 0.235 e. The number of nitrogens with one attached hydrogen (secondary N) is 3. The molecule has 0 spiro atoms. The molecule has 0 bridgehead atoms. The van der Waals surface area contributed by atoms with Crippen molar-refractivity contribution >= 4 is 28.8 Å². The molecule has 1 amide bonds. The molecule has 1 rings (SSSR count). The summed E-state index contributed by atoms with van der Waals surface area (Å²) in [5.74, 6) is -0.353. The number of para-hydroxylation sites is 1. The zero-order valence-corrected chi connectivity index (χ0v) is 11.0. The summed E-state index contributed by atoms with van der Waals surface area (Å²) in [5.41, 5.74) is 11.1. The van der Waals surface area contributed by atoms with Gasteiger partial charge in [0, 0.05) is 12.6 Å². The van der Waals surface area contributed by atoms with Crippen LogP contribution in [0.3, 0.4) is 0 Å². The van der Waals surface area contributed by atoms with Gasteiger partial charge in [0.05, 0.1) is 0 Å². The Labute approximate surface area is 116 Å². The number of hydrazine groups is 1. The summed E-state index contributed by atoms with van der Waals surface area (Å²) in [5, 5.41) is 11.9. The Kier molecular flexibility index (Phi) is 5.32. The van der Waals surface area contributed by atoms with Crippen molar-refractivity contribution in [2.24, 2.45) is 5.73 Å². The third-order valence-electron chi connectivity index (χ3n) is 2.01. The van der Waals surface area contributed by atoms with Gasteiger partial charge >= 0.3 is 0 Å². The van der Waals surface area contributed by atoms with Crippen LogP contribution in [0.1, 0.15) is 6.92 Å². The third-order valence-corrected chi connectivity index (χ3v) is 2.32. The van der Waals surface area contributed by atoms with Crippen LogP contribution >= 0.6 is 12.2 Å². The van der Waals surface area contributed by atoms with Crippen molar-refractivity contribution in [3.05, 3.63) is 41.7 Å². The van der Waals surface area contributed by atoms with Crippen LogP contribution in [0.25, 0.3) is 0 Å². The maximum atomic E-state index is 10.7. The van der Waals surface area contributed by atoms with E-state index in [9.17, 15) is 4.79 Å². The lowest BCUT2D eigenvalue weighted by Crippen LogP contribution is -2.39. The first-order chi connectivity index (χ1) is 9.04. The molecule has 7 heteroatoms. The van der Waals surface area contributed by atoms with Gasteiger partial charge in [0.25, 0.3) is 0 Å². The first-order valence-corrected chi connectivity index (χ1v) is 5.74. The van der Waals surface area contributed by atoms with Gasteiger partial charge < -0.3 is 11.1 Å². The molecule has 0 aliphatic rings. The summed E-state index contributed by atoms with van der Waals surface area (Å²) in [7, 11) is 0. The van der Waals surface area contributed by atoms with Gasteiger partial charge in [-0.2, -0.15) is 5.26 Å². The SMILES string of the molecule is CC(=O)NN/C(N)=C(\C#N)C(=S)Nc1ccccc1. The van der Waals surface area contributed by atoms with Crippen molar-refractivity contribution in [3.8, 4) is 6.07 Å². The van der Waals surface area contributed by atoms with Gasteiger partial charge in [-0.05, 0) is 12.1 Å². The molecule has 0 radical (unpaired) electrons. The fourth-order valence-corrected chi connectivity index (χ4v) is 1.44. The third kappa shape index (κ3) is 4.65. The Morgan fingerprint density at radius 2 is 1.95 bits per heavy atom. The molecule has 19 heavy (non-hydrogen) atoms. The molecule has 0 atom stereocenters. The molecule has 1 aromatic carbocycles. The number of nitrogens with zero attached hydrogens (tertiary/aromatic N) is 1. The quantitative estimate of drug-likeness (QED) is 0.280. The van der Waals surface area contributed by atoms with Gasteiger partial charge in [0.15, 0.2) is 0 Å². The highest BCUT2D eigenvalue weighted by molar-refractivity contribution is 7.81. The standard InChI is InChI=1S/C12H13N5OS/c1-8(18)16-17-11(14)10(7-13)12(19)15-9-5-3-2-4-6-9/h2-6,17H,14H2,1H3,(H,15,19)(H,16,18)/b11-10+. The number of thiocarbonyl (C=S) groups is 1. The van der Waals surface area contributed by atoms with Crippen molar-refractivity contribution in [2.75, 3.05) is 5.32 Å². The largest absolute Gasteiger partial charge is 0.383 e. The molecule has 1 aromatic rings. The van der Waals surface area contributed by atoms with Crippen LogP contribution in [0.5, 0.6) is 0 Å². The Morgan fingerprint density at radius 3 is 2.47 bits per heavy atom. The molecule has 0 aliphatic heterocycles. The van der Waals surface area contributed by atoms with E-state index >= 15 is 0 Å². The lowest BCUT2D eigenvalue weighted by Gasteiger charge is -2.11. The summed E-state index contributed by atoms with van der Waals surface area (Å²) in [6.45, 7) is 1.31. The van der Waals surface area contributed by atoms with E-state index in [-0.39, 0.29) is 22.3 Å². The van der Waals surface area contributed by atoms with Gasteiger partial charge in [0.1, 0.15) is 22.5 Å². The number of anilines is 1. The molecule has 6 nitrogen and oxygen atoms in total.